The summed E-state index contributed by atoms with van der Waals surface area (Å²) in [5.41, 5.74) is 3.94. The molecule has 4 heterocycles. The van der Waals surface area contributed by atoms with Crippen molar-refractivity contribution in [2.75, 3.05) is 5.73 Å². The Hall–Kier alpha value is -3.98. The Morgan fingerprint density at radius 1 is 1.25 bits per heavy atom. The molecule has 5 N–H and O–H groups in total. The van der Waals surface area contributed by atoms with Gasteiger partial charge in [-0.1, -0.05) is 23.0 Å². The molecule has 15 heteroatoms. The molecule has 4 rings (SSSR count). The summed E-state index contributed by atoms with van der Waals surface area (Å²) in [5, 5.41) is 27.9. The van der Waals surface area contributed by atoms with Crippen LogP contribution in [0.25, 0.3) is 5.70 Å². The number of hydrogen-bond acceptors (Lipinski definition) is 10. The minimum atomic E-state index is -1.75. The minimum absolute atomic E-state index is 0.0298. The number of carboxylic acid groups (broad SMARTS) is 2. The second-order valence-electron chi connectivity index (χ2n) is 8.21. The minimum Gasteiger partial charge on any atom is -0.479 e. The number of β-lactam (4-membered cyclic amide) rings is 1. The summed E-state index contributed by atoms with van der Waals surface area (Å²) in [6.45, 7) is 2.49. The summed E-state index contributed by atoms with van der Waals surface area (Å²) in [7, 11) is 0. The number of aromatic nitrogens is 2. The second-order valence-corrected chi connectivity index (χ2v) is 10.1. The summed E-state index contributed by atoms with van der Waals surface area (Å²) in [6.07, 6.45) is 3.35. The number of nitrogens with one attached hydrogen (secondary N) is 1. The number of carbonyl (C=O) groups excluding carboxylic acids is 2. The average molecular weight is 534 g/mol. The molecule has 0 saturated carbocycles. The van der Waals surface area contributed by atoms with Crippen molar-refractivity contribution in [2.24, 2.45) is 5.16 Å². The van der Waals surface area contributed by atoms with Crippen LogP contribution in [-0.2, 0) is 24.0 Å². The highest BCUT2D eigenvalue weighted by molar-refractivity contribution is 8.03. The molecule has 2 amide bonds. The Bertz CT molecular complexity index is 1290. The van der Waals surface area contributed by atoms with Crippen LogP contribution in [0.1, 0.15) is 19.5 Å². The number of anilines is 1. The summed E-state index contributed by atoms with van der Waals surface area (Å²) >= 11 is 2.21. The molecule has 2 aliphatic heterocycles. The summed E-state index contributed by atoms with van der Waals surface area (Å²) < 4.78 is 1.61. The first kappa shape index (κ1) is 25.1. The van der Waals surface area contributed by atoms with Crippen LogP contribution in [0.5, 0.6) is 0 Å². The van der Waals surface area contributed by atoms with E-state index in [4.69, 9.17) is 10.6 Å². The van der Waals surface area contributed by atoms with Gasteiger partial charge in [-0.05, 0) is 13.8 Å². The second kappa shape index (κ2) is 9.58. The Morgan fingerprint density at radius 2 is 1.94 bits per heavy atom. The van der Waals surface area contributed by atoms with Gasteiger partial charge in [-0.3, -0.25) is 9.59 Å². The number of carboxylic acids is 2. The molecule has 36 heavy (non-hydrogen) atoms. The smallest absolute Gasteiger partial charge is 0.350 e. The van der Waals surface area contributed by atoms with E-state index in [1.165, 1.54) is 35.9 Å². The average Bonchev–Trinajstić information content (AvgIpc) is 3.27. The first-order valence-corrected chi connectivity index (χ1v) is 12.2. The number of amides is 2. The van der Waals surface area contributed by atoms with Gasteiger partial charge in [-0.2, -0.15) is 4.57 Å². The number of thioether (sulfide) groups is 1. The maximum atomic E-state index is 13.1. The Morgan fingerprint density at radius 3 is 2.53 bits per heavy atom. The molecule has 0 bridgehead atoms. The van der Waals surface area contributed by atoms with Gasteiger partial charge in [-0.25, -0.2) is 14.6 Å². The number of oxime groups is 1. The molecular weight excluding hydrogens is 512 g/mol. The van der Waals surface area contributed by atoms with Crippen LogP contribution in [0, 0.1) is 0 Å². The van der Waals surface area contributed by atoms with Crippen molar-refractivity contribution in [3.63, 3.8) is 0 Å². The summed E-state index contributed by atoms with van der Waals surface area (Å²) in [6, 6.07) is 2.93. The van der Waals surface area contributed by atoms with Gasteiger partial charge in [0.05, 0.1) is 0 Å². The predicted octanol–water partition coefficient (Wildman–Crippen LogP) is -0.0516. The standard InChI is InChI=1S/C21H20N6O7S2/c1-21(2,19(32)33)34-25-12(10-8-36-20(22)23-10)15(28)24-13-16(29)27-14(18(30)31)11(9-35-17(13)27)26-6-4-3-5-7-26/h3-9,13-14,17H,1-2H3,(H4-,22,23,24,28,30,31,32,33)/p+1/b25-12+/t13-,14?,17-/m1/s1. The van der Waals surface area contributed by atoms with Crippen molar-refractivity contribution < 1.29 is 38.8 Å². The number of fused-ring (bicyclic) bond motifs is 1. The van der Waals surface area contributed by atoms with E-state index >= 15 is 0 Å². The lowest BCUT2D eigenvalue weighted by Gasteiger charge is -2.49. The fourth-order valence-electron chi connectivity index (χ4n) is 3.41. The zero-order valence-electron chi connectivity index (χ0n) is 18.9. The number of nitrogen functional groups attached to an aromatic ring is 1. The fourth-order valence-corrected chi connectivity index (χ4v) is 5.19. The first-order valence-electron chi connectivity index (χ1n) is 10.4. The lowest BCUT2D eigenvalue weighted by molar-refractivity contribution is -0.584. The van der Waals surface area contributed by atoms with Gasteiger partial charge in [-0.15, -0.1) is 11.3 Å². The molecular formula is C21H21N6O7S2+. The third-order valence-electron chi connectivity index (χ3n) is 5.36. The van der Waals surface area contributed by atoms with Gasteiger partial charge in [0.15, 0.2) is 23.2 Å². The highest BCUT2D eigenvalue weighted by Crippen LogP contribution is 2.40. The predicted molar refractivity (Wildman–Crippen MR) is 128 cm³/mol. The van der Waals surface area contributed by atoms with Crippen LogP contribution in [0.15, 0.2) is 46.5 Å². The van der Waals surface area contributed by atoms with Crippen LogP contribution in [0.4, 0.5) is 5.13 Å². The van der Waals surface area contributed by atoms with Crippen molar-refractivity contribution in [1.29, 1.82) is 0 Å². The van der Waals surface area contributed by atoms with E-state index in [2.05, 4.69) is 15.5 Å². The Balaban J connectivity index is 1.58. The topological polar surface area (TPSA) is 188 Å². The van der Waals surface area contributed by atoms with E-state index in [0.29, 0.717) is 5.70 Å². The van der Waals surface area contributed by atoms with Crippen LogP contribution in [0.3, 0.4) is 0 Å². The first-order chi connectivity index (χ1) is 17.0. The molecule has 13 nitrogen and oxygen atoms in total. The molecule has 1 fully saturated rings. The lowest BCUT2D eigenvalue weighted by Crippen LogP contribution is -2.75. The van der Waals surface area contributed by atoms with E-state index in [9.17, 15) is 29.4 Å². The van der Waals surface area contributed by atoms with Crippen LogP contribution >= 0.6 is 23.1 Å². The number of pyridine rings is 1. The number of nitrogens with zero attached hydrogens (tertiary/aromatic N) is 4. The lowest BCUT2D eigenvalue weighted by atomic mass is 10.0. The highest BCUT2D eigenvalue weighted by atomic mass is 32.2. The van der Waals surface area contributed by atoms with E-state index in [1.807, 2.05) is 0 Å². The van der Waals surface area contributed by atoms with Gasteiger partial charge >= 0.3 is 11.9 Å². The fraction of sp³-hybridized carbons (Fsp3) is 0.286. The van der Waals surface area contributed by atoms with E-state index in [1.54, 1.807) is 40.6 Å². The van der Waals surface area contributed by atoms with Crippen molar-refractivity contribution in [3.05, 3.63) is 47.1 Å². The van der Waals surface area contributed by atoms with Gasteiger partial charge in [0.25, 0.3) is 5.91 Å². The number of nitrogens with two attached hydrogens (primary N) is 1. The molecule has 188 valence electrons. The van der Waals surface area contributed by atoms with Crippen LogP contribution in [-0.4, -0.2) is 72.6 Å². The summed E-state index contributed by atoms with van der Waals surface area (Å²) in [4.78, 5) is 59.8. The van der Waals surface area contributed by atoms with Gasteiger partial charge in [0.2, 0.25) is 23.2 Å². The highest BCUT2D eigenvalue weighted by Gasteiger charge is 2.58. The normalized spacial score (nSPS) is 21.7. The zero-order chi connectivity index (χ0) is 26.2. The monoisotopic (exact) mass is 533 g/mol. The van der Waals surface area contributed by atoms with Gasteiger partial charge in [0, 0.05) is 22.9 Å². The number of carbonyl (C=O) groups is 4. The number of hydrogen-bond donors (Lipinski definition) is 4. The molecule has 0 aliphatic carbocycles. The molecule has 2 aliphatic rings. The number of thiazole rings is 1. The maximum absolute atomic E-state index is 13.1. The molecule has 2 aromatic heterocycles. The third-order valence-corrected chi connectivity index (χ3v) is 7.19. The maximum Gasteiger partial charge on any atom is 0.350 e. The zero-order valence-corrected chi connectivity index (χ0v) is 20.5. The van der Waals surface area contributed by atoms with Gasteiger partial charge < -0.3 is 31.0 Å². The van der Waals surface area contributed by atoms with Crippen molar-refractivity contribution >= 4 is 63.4 Å². The molecule has 2 aromatic rings. The molecule has 1 unspecified atom stereocenters. The van der Waals surface area contributed by atoms with Crippen LogP contribution < -0.4 is 15.6 Å². The number of rotatable bonds is 8. The van der Waals surface area contributed by atoms with Crippen molar-refractivity contribution in [2.45, 2.75) is 36.9 Å². The molecule has 3 atom stereocenters. The van der Waals surface area contributed by atoms with Crippen molar-refractivity contribution in [3.8, 4) is 0 Å². The molecule has 0 spiro atoms. The third kappa shape index (κ3) is 4.61. The Kier molecular flexibility index (Phi) is 6.69. The van der Waals surface area contributed by atoms with E-state index < -0.39 is 46.8 Å². The SMILES string of the molecule is CC(C)(O/N=C(/C(=O)N[C@@H]1C(=O)N2C(C(=O)O)C([n+]3ccccc3)=CS[C@H]12)c1csc(N)n1)C(=O)O. The molecule has 0 aromatic carbocycles. The largest absolute Gasteiger partial charge is 0.479 e. The van der Waals surface area contributed by atoms with Gasteiger partial charge in [0.1, 0.15) is 17.1 Å². The molecule has 1 saturated heterocycles. The quantitative estimate of drug-likeness (QED) is 0.155. The summed E-state index contributed by atoms with van der Waals surface area (Å²) in [5.74, 6) is -3.99. The van der Waals surface area contributed by atoms with E-state index in [-0.39, 0.29) is 16.5 Å². The van der Waals surface area contributed by atoms with Crippen LogP contribution in [0.2, 0.25) is 0 Å². The van der Waals surface area contributed by atoms with E-state index in [0.717, 1.165) is 11.3 Å². The molecule has 0 radical (unpaired) electrons. The van der Waals surface area contributed by atoms with Crippen molar-refractivity contribution in [1.82, 2.24) is 15.2 Å². The Labute approximate surface area is 212 Å². The number of aliphatic carboxylic acids is 2.